The molecule has 1 atom stereocenters. The Bertz CT molecular complexity index is 416. The lowest BCUT2D eigenvalue weighted by Crippen LogP contribution is -2.28. The van der Waals surface area contributed by atoms with Crippen molar-refractivity contribution in [1.82, 2.24) is 4.90 Å². The molecule has 19 heavy (non-hydrogen) atoms. The normalized spacial score (nSPS) is 19.6. The van der Waals surface area contributed by atoms with Gasteiger partial charge >= 0.3 is 0 Å². The Morgan fingerprint density at radius 3 is 2.74 bits per heavy atom. The van der Waals surface area contributed by atoms with Crippen molar-refractivity contribution in [2.75, 3.05) is 32.8 Å². The summed E-state index contributed by atoms with van der Waals surface area (Å²) >= 11 is 0. The molecule has 0 amide bonds. The number of benzene rings is 1. The number of likely N-dealkylation sites (tertiary alicyclic amines) is 1. The largest absolute Gasteiger partial charge is 0.494 e. The monoisotopic (exact) mass is 263 g/mol. The van der Waals surface area contributed by atoms with E-state index in [1.54, 1.807) is 0 Å². The maximum atomic E-state index is 12.1. The van der Waals surface area contributed by atoms with Crippen LogP contribution in [0.5, 0.6) is 5.75 Å². The van der Waals surface area contributed by atoms with Crippen molar-refractivity contribution in [3.63, 3.8) is 0 Å². The van der Waals surface area contributed by atoms with Crippen molar-refractivity contribution in [2.45, 2.75) is 13.3 Å². The number of hydrogen-bond donors (Lipinski definition) is 1. The Morgan fingerprint density at radius 2 is 2.16 bits per heavy atom. The number of hydrogen-bond acceptors (Lipinski definition) is 4. The molecule has 1 heterocycles. The van der Waals surface area contributed by atoms with E-state index in [-0.39, 0.29) is 12.4 Å². The van der Waals surface area contributed by atoms with Crippen LogP contribution >= 0.6 is 0 Å². The number of aliphatic hydroxyl groups excluding tert-OH is 1. The highest BCUT2D eigenvalue weighted by Gasteiger charge is 2.23. The van der Waals surface area contributed by atoms with Crippen molar-refractivity contribution in [1.29, 1.82) is 0 Å². The van der Waals surface area contributed by atoms with Gasteiger partial charge in [0.2, 0.25) is 0 Å². The van der Waals surface area contributed by atoms with Gasteiger partial charge in [0.1, 0.15) is 5.75 Å². The molecule has 4 nitrogen and oxygen atoms in total. The average Bonchev–Trinajstić information content (AvgIpc) is 2.87. The molecule has 0 bridgehead atoms. The Hall–Kier alpha value is -1.39. The second-order valence-corrected chi connectivity index (χ2v) is 4.95. The molecular formula is C15H21NO3. The SMILES string of the molecule is CCOc1ccc(C(=O)CN2CCC(CO)C2)cc1. The number of carbonyl (C=O) groups is 1. The number of ether oxygens (including phenoxy) is 1. The van der Waals surface area contributed by atoms with E-state index in [1.807, 2.05) is 31.2 Å². The second kappa shape index (κ2) is 6.68. The van der Waals surface area contributed by atoms with Crippen LogP contribution in [0.25, 0.3) is 0 Å². The first-order chi connectivity index (χ1) is 9.22. The van der Waals surface area contributed by atoms with E-state index in [2.05, 4.69) is 4.90 Å². The Labute approximate surface area is 114 Å². The minimum absolute atomic E-state index is 0.127. The number of ketones is 1. The first-order valence-corrected chi connectivity index (χ1v) is 6.82. The number of rotatable bonds is 6. The standard InChI is InChI=1S/C15H21NO3/c1-2-19-14-5-3-13(4-6-14)15(18)10-16-8-7-12(9-16)11-17/h3-6,12,17H,2,7-11H2,1H3. The fourth-order valence-electron chi connectivity index (χ4n) is 2.40. The Kier molecular flexibility index (Phi) is 4.93. The van der Waals surface area contributed by atoms with Crippen molar-refractivity contribution in [3.8, 4) is 5.75 Å². The fourth-order valence-corrected chi connectivity index (χ4v) is 2.40. The fraction of sp³-hybridized carbons (Fsp3) is 0.533. The highest BCUT2D eigenvalue weighted by molar-refractivity contribution is 5.97. The molecule has 104 valence electrons. The first kappa shape index (κ1) is 14.0. The highest BCUT2D eigenvalue weighted by Crippen LogP contribution is 2.17. The summed E-state index contributed by atoms with van der Waals surface area (Å²) in [5.41, 5.74) is 0.718. The minimum Gasteiger partial charge on any atom is -0.494 e. The van der Waals surface area contributed by atoms with Crippen LogP contribution in [0.3, 0.4) is 0 Å². The summed E-state index contributed by atoms with van der Waals surface area (Å²) in [6.07, 6.45) is 0.979. The van der Waals surface area contributed by atoms with Crippen LogP contribution in [-0.2, 0) is 0 Å². The summed E-state index contributed by atoms with van der Waals surface area (Å²) in [6.45, 7) is 4.93. The summed E-state index contributed by atoms with van der Waals surface area (Å²) < 4.78 is 5.35. The molecule has 2 rings (SSSR count). The summed E-state index contributed by atoms with van der Waals surface area (Å²) in [6, 6.07) is 7.29. The van der Waals surface area contributed by atoms with Crippen LogP contribution < -0.4 is 4.74 Å². The van der Waals surface area contributed by atoms with E-state index >= 15 is 0 Å². The average molecular weight is 263 g/mol. The van der Waals surface area contributed by atoms with Crippen LogP contribution in [0.1, 0.15) is 23.7 Å². The van der Waals surface area contributed by atoms with Gasteiger partial charge in [-0.3, -0.25) is 9.69 Å². The molecule has 0 aromatic heterocycles. The lowest BCUT2D eigenvalue weighted by Gasteiger charge is -2.14. The molecule has 1 fully saturated rings. The van der Waals surface area contributed by atoms with Crippen LogP contribution in [0.4, 0.5) is 0 Å². The molecule has 1 N–H and O–H groups in total. The van der Waals surface area contributed by atoms with Crippen LogP contribution in [0.15, 0.2) is 24.3 Å². The summed E-state index contributed by atoms with van der Waals surface area (Å²) in [5.74, 6) is 1.25. The lowest BCUT2D eigenvalue weighted by atomic mass is 10.1. The molecule has 1 aliphatic heterocycles. The molecule has 1 saturated heterocycles. The predicted octanol–water partition coefficient (Wildman–Crippen LogP) is 1.58. The third-order valence-electron chi connectivity index (χ3n) is 3.48. The molecule has 1 aliphatic rings. The van der Waals surface area contributed by atoms with Crippen molar-refractivity contribution in [2.24, 2.45) is 5.92 Å². The van der Waals surface area contributed by atoms with E-state index in [1.165, 1.54) is 0 Å². The smallest absolute Gasteiger partial charge is 0.176 e. The Balaban J connectivity index is 1.89. The number of carbonyl (C=O) groups excluding carboxylic acids is 1. The molecular weight excluding hydrogens is 242 g/mol. The number of aliphatic hydroxyl groups is 1. The third-order valence-corrected chi connectivity index (χ3v) is 3.48. The quantitative estimate of drug-likeness (QED) is 0.792. The van der Waals surface area contributed by atoms with Crippen LogP contribution in [0, 0.1) is 5.92 Å². The number of nitrogens with zero attached hydrogens (tertiary/aromatic N) is 1. The van der Waals surface area contributed by atoms with Gasteiger partial charge in [-0.1, -0.05) is 0 Å². The zero-order chi connectivity index (χ0) is 13.7. The van der Waals surface area contributed by atoms with Crippen LogP contribution in [-0.4, -0.2) is 48.6 Å². The molecule has 4 heteroatoms. The zero-order valence-corrected chi connectivity index (χ0v) is 11.3. The van der Waals surface area contributed by atoms with Gasteiger partial charge in [-0.2, -0.15) is 0 Å². The molecule has 0 radical (unpaired) electrons. The van der Waals surface area contributed by atoms with Gasteiger partial charge in [-0.05, 0) is 50.1 Å². The third kappa shape index (κ3) is 3.78. The predicted molar refractivity (Wildman–Crippen MR) is 73.6 cm³/mol. The zero-order valence-electron chi connectivity index (χ0n) is 11.3. The van der Waals surface area contributed by atoms with Gasteiger partial charge in [0.05, 0.1) is 13.2 Å². The van der Waals surface area contributed by atoms with Crippen molar-refractivity contribution >= 4 is 5.78 Å². The van der Waals surface area contributed by atoms with Gasteiger partial charge in [-0.25, -0.2) is 0 Å². The van der Waals surface area contributed by atoms with E-state index in [4.69, 9.17) is 9.84 Å². The van der Waals surface area contributed by atoms with Gasteiger partial charge in [0, 0.05) is 18.7 Å². The molecule has 1 aromatic rings. The first-order valence-electron chi connectivity index (χ1n) is 6.82. The molecule has 1 aromatic carbocycles. The summed E-state index contributed by atoms with van der Waals surface area (Å²) in [4.78, 5) is 14.2. The van der Waals surface area contributed by atoms with E-state index in [9.17, 15) is 4.79 Å². The van der Waals surface area contributed by atoms with Gasteiger partial charge in [-0.15, -0.1) is 0 Å². The second-order valence-electron chi connectivity index (χ2n) is 4.95. The van der Waals surface area contributed by atoms with Gasteiger partial charge < -0.3 is 9.84 Å². The van der Waals surface area contributed by atoms with Gasteiger partial charge in [0.15, 0.2) is 5.78 Å². The minimum atomic E-state index is 0.127. The van der Waals surface area contributed by atoms with E-state index < -0.39 is 0 Å². The molecule has 0 saturated carbocycles. The molecule has 0 spiro atoms. The molecule has 0 aliphatic carbocycles. The highest BCUT2D eigenvalue weighted by atomic mass is 16.5. The van der Waals surface area contributed by atoms with Crippen molar-refractivity contribution in [3.05, 3.63) is 29.8 Å². The summed E-state index contributed by atoms with van der Waals surface area (Å²) in [7, 11) is 0. The Morgan fingerprint density at radius 1 is 1.42 bits per heavy atom. The number of Topliss-reactive ketones (excluding diaryl/α,β-unsaturated/α-hetero) is 1. The van der Waals surface area contributed by atoms with E-state index in [0.29, 0.717) is 19.1 Å². The van der Waals surface area contributed by atoms with Crippen molar-refractivity contribution < 1.29 is 14.6 Å². The lowest BCUT2D eigenvalue weighted by molar-refractivity contribution is 0.0940. The van der Waals surface area contributed by atoms with Gasteiger partial charge in [0.25, 0.3) is 0 Å². The summed E-state index contributed by atoms with van der Waals surface area (Å²) in [5, 5.41) is 9.09. The van der Waals surface area contributed by atoms with Crippen LogP contribution in [0.2, 0.25) is 0 Å². The maximum absolute atomic E-state index is 12.1. The molecule has 1 unspecified atom stereocenters. The van der Waals surface area contributed by atoms with E-state index in [0.717, 1.165) is 30.8 Å². The maximum Gasteiger partial charge on any atom is 0.176 e. The topological polar surface area (TPSA) is 49.8 Å².